The van der Waals surface area contributed by atoms with Gasteiger partial charge in [0, 0.05) is 16.7 Å². The Hall–Kier alpha value is -7.27. The van der Waals surface area contributed by atoms with Crippen molar-refractivity contribution in [3.63, 3.8) is 0 Å². The molecule has 262 valence electrons. The predicted octanol–water partition coefficient (Wildman–Crippen LogP) is 8.34. The van der Waals surface area contributed by atoms with Gasteiger partial charge in [-0.3, -0.25) is 0 Å². The first-order chi connectivity index (χ1) is 24.7. The maximum absolute atomic E-state index is 15.7. The van der Waals surface area contributed by atoms with E-state index in [0.717, 1.165) is 49.4 Å². The number of alkyl halides is 6. The summed E-state index contributed by atoms with van der Waals surface area (Å²) in [5, 5.41) is 67.2. The Morgan fingerprint density at radius 1 is 0.528 bits per heavy atom. The van der Waals surface area contributed by atoms with Crippen LogP contribution in [0.15, 0.2) is 45.6 Å². The predicted molar refractivity (Wildman–Crippen MR) is 150 cm³/mol. The molecule has 0 N–H and O–H groups in total. The summed E-state index contributed by atoms with van der Waals surface area (Å²) in [4.78, 5) is 0. The number of nitrogens with zero attached hydrogens (tertiary/aromatic N) is 7. The molecule has 0 spiro atoms. The first-order valence-corrected chi connectivity index (χ1v) is 13.8. The maximum Gasteiger partial charge on any atom is 0.416 e. The van der Waals surface area contributed by atoms with Crippen LogP contribution in [0.25, 0.3) is 11.1 Å². The normalized spacial score (nSPS) is 18.4. The highest BCUT2D eigenvalue weighted by Crippen LogP contribution is 2.59. The minimum Gasteiger partial charge on any atom is -0.205 e. The molecule has 2 atom stereocenters. The van der Waals surface area contributed by atoms with Gasteiger partial charge in [0.15, 0.2) is 34.9 Å². The summed E-state index contributed by atoms with van der Waals surface area (Å²) >= 11 is 0. The van der Waals surface area contributed by atoms with E-state index in [-0.39, 0.29) is 6.08 Å². The molecule has 4 rings (SSSR count). The summed E-state index contributed by atoms with van der Waals surface area (Å²) in [6, 6.07) is 7.05. The Bertz CT molecular complexity index is 2410. The molecule has 1 saturated carbocycles. The highest BCUT2D eigenvalue weighted by atomic mass is 19.4. The molecule has 53 heavy (non-hydrogen) atoms. The topological polar surface area (TPSA) is 167 Å². The Labute approximate surface area is 288 Å². The highest BCUT2D eigenvalue weighted by Gasteiger charge is 2.54. The second-order valence-corrected chi connectivity index (χ2v) is 10.7. The Kier molecular flexibility index (Phi) is 9.78. The van der Waals surface area contributed by atoms with Crippen molar-refractivity contribution in [3.8, 4) is 42.5 Å². The van der Waals surface area contributed by atoms with Gasteiger partial charge in [0.1, 0.15) is 64.7 Å². The Balaban J connectivity index is 2.44. The quantitative estimate of drug-likeness (QED) is 0.173. The van der Waals surface area contributed by atoms with Gasteiger partial charge in [-0.1, -0.05) is 19.1 Å². The van der Waals surface area contributed by atoms with E-state index < -0.39 is 137 Å². The monoisotopic (exact) mass is 741 g/mol. The molecule has 0 bridgehead atoms. The number of allylic oxidation sites excluding steroid dienone is 10. The van der Waals surface area contributed by atoms with Gasteiger partial charge in [-0.2, -0.15) is 63.2 Å². The van der Waals surface area contributed by atoms with E-state index in [0.29, 0.717) is 6.08 Å². The molecule has 2 aromatic carbocycles. The molecule has 2 aromatic rings. The second kappa shape index (κ2) is 13.5. The molecule has 19 heteroatoms. The average molecular weight is 741 g/mol. The van der Waals surface area contributed by atoms with Gasteiger partial charge in [0.05, 0.1) is 39.3 Å². The third-order valence-electron chi connectivity index (χ3n) is 7.98. The van der Waals surface area contributed by atoms with E-state index in [4.69, 9.17) is 10.5 Å². The lowest BCUT2D eigenvalue weighted by Gasteiger charge is -2.32. The van der Waals surface area contributed by atoms with Crippen LogP contribution in [-0.2, 0) is 0 Å². The molecular formula is C34H7F12N7. The van der Waals surface area contributed by atoms with Crippen LogP contribution in [0.3, 0.4) is 0 Å². The van der Waals surface area contributed by atoms with Crippen LogP contribution in [0.5, 0.6) is 0 Å². The molecule has 0 aromatic heterocycles. The van der Waals surface area contributed by atoms with Crippen LogP contribution in [0, 0.1) is 126 Å². The lowest BCUT2D eigenvalue weighted by Crippen LogP contribution is -2.35. The molecular weight excluding hydrogens is 734 g/mol. The van der Waals surface area contributed by atoms with Crippen molar-refractivity contribution in [2.75, 3.05) is 0 Å². The van der Waals surface area contributed by atoms with Crippen LogP contribution < -0.4 is 0 Å². The Morgan fingerprint density at radius 3 is 1.17 bits per heavy atom. The third kappa shape index (κ3) is 5.89. The number of rotatable bonds is 3. The van der Waals surface area contributed by atoms with Crippen molar-refractivity contribution < 1.29 is 52.7 Å². The van der Waals surface area contributed by atoms with Crippen LogP contribution in [0.2, 0.25) is 0 Å². The summed E-state index contributed by atoms with van der Waals surface area (Å²) in [5.41, 5.74) is -23.6. The second-order valence-electron chi connectivity index (χ2n) is 10.7. The molecule has 2 aliphatic rings. The standard InChI is InChI=1S/C34H7F12N7/c1-11-2-3-19(33(41,42)43)20(26(11)34(44,45)46)16(8-51)21-22(17(9-52)24-27(35)12(4-47)14(6-49)29(37)31(24)39)23(21)18(10-53)25-28(36)13(5-48)15(7-50)30(38)32(25)40/h2-3,11,26H,1H3. The van der Waals surface area contributed by atoms with Crippen LogP contribution >= 0.6 is 0 Å². The zero-order valence-electron chi connectivity index (χ0n) is 25.5. The average Bonchev–Trinajstić information content (AvgIpc) is 3.80. The number of halogens is 12. The van der Waals surface area contributed by atoms with Crippen molar-refractivity contribution in [1.82, 2.24) is 0 Å². The largest absolute Gasteiger partial charge is 0.416 e. The van der Waals surface area contributed by atoms with Crippen molar-refractivity contribution >= 4 is 11.1 Å². The summed E-state index contributed by atoms with van der Waals surface area (Å²) in [7, 11) is 0. The maximum atomic E-state index is 15.7. The van der Waals surface area contributed by atoms with Gasteiger partial charge in [-0.15, -0.1) is 0 Å². The van der Waals surface area contributed by atoms with Crippen molar-refractivity contribution in [3.05, 3.63) is 114 Å². The number of nitriles is 7. The van der Waals surface area contributed by atoms with Crippen molar-refractivity contribution in [2.45, 2.75) is 19.3 Å². The molecule has 0 aliphatic heterocycles. The molecule has 7 nitrogen and oxygen atoms in total. The van der Waals surface area contributed by atoms with Gasteiger partial charge < -0.3 is 0 Å². The SMILES string of the molecule is CC1C=CC(C(F)(F)F)=C(C(C#N)=C2C(=C(C#N)c3c(F)c(F)c(C#N)c(C#N)c3F)C2=C(C#N)c2c(F)c(F)c(C#N)c(C#N)c2F)C1C(F)(F)F. The van der Waals surface area contributed by atoms with Crippen LogP contribution in [0.1, 0.15) is 40.3 Å². The molecule has 2 unspecified atom stereocenters. The molecule has 0 radical (unpaired) electrons. The Morgan fingerprint density at radius 2 is 0.868 bits per heavy atom. The van der Waals surface area contributed by atoms with E-state index in [1.807, 2.05) is 0 Å². The lowest BCUT2D eigenvalue weighted by atomic mass is 9.76. The smallest absolute Gasteiger partial charge is 0.205 e. The van der Waals surface area contributed by atoms with E-state index in [1.54, 1.807) is 0 Å². The molecule has 1 fully saturated rings. The molecule has 0 amide bonds. The van der Waals surface area contributed by atoms with Crippen LogP contribution in [0.4, 0.5) is 52.7 Å². The third-order valence-corrected chi connectivity index (χ3v) is 7.98. The zero-order chi connectivity index (χ0) is 40.1. The van der Waals surface area contributed by atoms with Gasteiger partial charge >= 0.3 is 12.4 Å². The lowest BCUT2D eigenvalue weighted by molar-refractivity contribution is -0.173. The van der Waals surface area contributed by atoms with E-state index in [1.165, 1.54) is 0 Å². The fraction of sp³-hybridized carbons (Fsp3) is 0.147. The van der Waals surface area contributed by atoms with Gasteiger partial charge in [0.25, 0.3) is 0 Å². The molecule has 0 heterocycles. The fourth-order valence-corrected chi connectivity index (χ4v) is 5.72. The summed E-state index contributed by atoms with van der Waals surface area (Å²) in [6.07, 6.45) is -10.7. The van der Waals surface area contributed by atoms with Gasteiger partial charge in [-0.25, -0.2) is 26.3 Å². The van der Waals surface area contributed by atoms with Crippen molar-refractivity contribution in [2.24, 2.45) is 11.8 Å². The highest BCUT2D eigenvalue weighted by molar-refractivity contribution is 6.07. The molecule has 0 saturated heterocycles. The van der Waals surface area contributed by atoms with E-state index in [9.17, 15) is 61.4 Å². The zero-order valence-corrected chi connectivity index (χ0v) is 25.5. The first-order valence-electron chi connectivity index (χ1n) is 13.8. The summed E-state index contributed by atoms with van der Waals surface area (Å²) in [6.45, 7) is 0.769. The summed E-state index contributed by atoms with van der Waals surface area (Å²) in [5.74, 6) is -19.1. The number of hydrogen-bond donors (Lipinski definition) is 0. The van der Waals surface area contributed by atoms with Gasteiger partial charge in [-0.05, 0) is 11.5 Å². The van der Waals surface area contributed by atoms with E-state index in [2.05, 4.69) is 0 Å². The van der Waals surface area contributed by atoms with E-state index >= 15 is 17.6 Å². The fourth-order valence-electron chi connectivity index (χ4n) is 5.72. The van der Waals surface area contributed by atoms with Gasteiger partial charge in [0.2, 0.25) is 0 Å². The number of benzene rings is 2. The first kappa shape index (κ1) is 38.5. The van der Waals surface area contributed by atoms with Crippen molar-refractivity contribution in [1.29, 1.82) is 36.8 Å². The minimum absolute atomic E-state index is 0.134. The molecule has 2 aliphatic carbocycles. The van der Waals surface area contributed by atoms with Crippen LogP contribution in [-0.4, -0.2) is 12.4 Å². The summed E-state index contributed by atoms with van der Waals surface area (Å²) < 4.78 is 178. The minimum atomic E-state index is -5.71. The number of hydrogen-bond acceptors (Lipinski definition) is 7.